The van der Waals surface area contributed by atoms with Gasteiger partial charge in [0.15, 0.2) is 11.5 Å². The van der Waals surface area contributed by atoms with Crippen molar-refractivity contribution in [3.63, 3.8) is 0 Å². The van der Waals surface area contributed by atoms with Gasteiger partial charge in [-0.15, -0.1) is 0 Å². The first-order valence-corrected chi connectivity index (χ1v) is 5.82. The second-order valence-electron chi connectivity index (χ2n) is 4.04. The van der Waals surface area contributed by atoms with Crippen LogP contribution >= 0.6 is 0 Å². The summed E-state index contributed by atoms with van der Waals surface area (Å²) in [5, 5.41) is 8.97. The van der Waals surface area contributed by atoms with Crippen LogP contribution in [-0.2, 0) is 0 Å². The first-order valence-electron chi connectivity index (χ1n) is 5.82. The van der Waals surface area contributed by atoms with E-state index in [9.17, 15) is 9.18 Å². The molecule has 104 valence electrons. The van der Waals surface area contributed by atoms with Crippen molar-refractivity contribution in [3.8, 4) is 22.6 Å². The van der Waals surface area contributed by atoms with Crippen molar-refractivity contribution >= 4 is 5.97 Å². The summed E-state index contributed by atoms with van der Waals surface area (Å²) >= 11 is 0. The van der Waals surface area contributed by atoms with Gasteiger partial charge >= 0.3 is 5.97 Å². The maximum Gasteiger partial charge on any atom is 0.338 e. The van der Waals surface area contributed by atoms with E-state index in [0.29, 0.717) is 22.6 Å². The van der Waals surface area contributed by atoms with Gasteiger partial charge in [0.1, 0.15) is 5.82 Å². The number of methoxy groups -OCH3 is 2. The Morgan fingerprint density at radius 2 is 1.90 bits per heavy atom. The summed E-state index contributed by atoms with van der Waals surface area (Å²) < 4.78 is 23.9. The summed E-state index contributed by atoms with van der Waals surface area (Å²) in [7, 11) is 3.00. The van der Waals surface area contributed by atoms with E-state index in [1.165, 1.54) is 26.4 Å². The number of ether oxygens (including phenoxy) is 2. The van der Waals surface area contributed by atoms with E-state index < -0.39 is 11.8 Å². The number of carboxylic acids is 1. The van der Waals surface area contributed by atoms with E-state index in [1.54, 1.807) is 18.2 Å². The molecule has 0 unspecified atom stereocenters. The Morgan fingerprint density at radius 3 is 2.50 bits per heavy atom. The summed E-state index contributed by atoms with van der Waals surface area (Å²) in [5.41, 5.74) is 0.793. The van der Waals surface area contributed by atoms with Crippen LogP contribution in [0.2, 0.25) is 0 Å². The molecule has 0 bridgehead atoms. The smallest absolute Gasteiger partial charge is 0.338 e. The number of rotatable bonds is 4. The highest BCUT2D eigenvalue weighted by atomic mass is 19.1. The van der Waals surface area contributed by atoms with Crippen LogP contribution < -0.4 is 9.47 Å². The van der Waals surface area contributed by atoms with Gasteiger partial charge in [-0.1, -0.05) is 18.2 Å². The Hall–Kier alpha value is -2.56. The monoisotopic (exact) mass is 276 g/mol. The fourth-order valence-corrected chi connectivity index (χ4v) is 1.97. The molecule has 0 saturated carbocycles. The molecule has 0 saturated heterocycles. The third-order valence-corrected chi connectivity index (χ3v) is 2.91. The van der Waals surface area contributed by atoms with E-state index >= 15 is 0 Å². The Bertz CT molecular complexity index is 652. The summed E-state index contributed by atoms with van der Waals surface area (Å²) in [4.78, 5) is 11.0. The molecule has 2 aromatic rings. The normalized spacial score (nSPS) is 10.2. The number of benzene rings is 2. The molecule has 0 aliphatic heterocycles. The molecule has 4 nitrogen and oxygen atoms in total. The van der Waals surface area contributed by atoms with Crippen molar-refractivity contribution in [2.24, 2.45) is 0 Å². The molecule has 0 heterocycles. The van der Waals surface area contributed by atoms with E-state index in [-0.39, 0.29) is 5.56 Å². The zero-order valence-corrected chi connectivity index (χ0v) is 11.0. The predicted molar refractivity (Wildman–Crippen MR) is 71.9 cm³/mol. The zero-order valence-electron chi connectivity index (χ0n) is 11.0. The lowest BCUT2D eigenvalue weighted by Gasteiger charge is -2.13. The van der Waals surface area contributed by atoms with Gasteiger partial charge in [0.05, 0.1) is 19.8 Å². The maximum atomic E-state index is 13.4. The minimum Gasteiger partial charge on any atom is -0.493 e. The molecule has 1 N–H and O–H groups in total. The maximum absolute atomic E-state index is 13.4. The Labute approximate surface area is 115 Å². The summed E-state index contributed by atoms with van der Waals surface area (Å²) in [6.45, 7) is 0. The van der Waals surface area contributed by atoms with E-state index in [2.05, 4.69) is 0 Å². The lowest BCUT2D eigenvalue weighted by Crippen LogP contribution is -2.01. The minimum absolute atomic E-state index is 0.382. The number of carboxylic acid groups (broad SMARTS) is 1. The van der Waals surface area contributed by atoms with Gasteiger partial charge in [-0.2, -0.15) is 0 Å². The largest absolute Gasteiger partial charge is 0.493 e. The summed E-state index contributed by atoms with van der Waals surface area (Å²) in [6.07, 6.45) is 0. The molecule has 0 aliphatic carbocycles. The predicted octanol–water partition coefficient (Wildman–Crippen LogP) is 3.21. The quantitative estimate of drug-likeness (QED) is 0.931. The lowest BCUT2D eigenvalue weighted by atomic mass is 10.0. The average Bonchev–Trinajstić information content (AvgIpc) is 2.46. The zero-order chi connectivity index (χ0) is 14.7. The minimum atomic E-state index is -1.31. The second-order valence-corrected chi connectivity index (χ2v) is 4.04. The van der Waals surface area contributed by atoms with Crippen LogP contribution in [0, 0.1) is 5.82 Å². The molecule has 0 amide bonds. The number of para-hydroxylation sites is 1. The standard InChI is InChI=1S/C15H13FO4/c1-19-13-5-3-4-10(14(13)20-2)9-6-7-12(16)11(8-9)15(17)18/h3-8H,1-2H3,(H,17,18). The molecule has 0 radical (unpaired) electrons. The third kappa shape index (κ3) is 2.42. The molecule has 5 heteroatoms. The molecule has 0 atom stereocenters. The first-order chi connectivity index (χ1) is 9.58. The molecule has 0 fully saturated rings. The van der Waals surface area contributed by atoms with Gasteiger partial charge in [0.25, 0.3) is 0 Å². The fourth-order valence-electron chi connectivity index (χ4n) is 1.97. The molecular weight excluding hydrogens is 263 g/mol. The fraction of sp³-hybridized carbons (Fsp3) is 0.133. The first kappa shape index (κ1) is 13.9. The van der Waals surface area contributed by atoms with Gasteiger partial charge < -0.3 is 14.6 Å². The lowest BCUT2D eigenvalue weighted by molar-refractivity contribution is 0.0692. The molecule has 0 aromatic heterocycles. The van der Waals surface area contributed by atoms with Crippen molar-refractivity contribution in [3.05, 3.63) is 47.8 Å². The number of hydrogen-bond donors (Lipinski definition) is 1. The Balaban J connectivity index is 2.63. The van der Waals surface area contributed by atoms with Crippen LogP contribution in [0.25, 0.3) is 11.1 Å². The van der Waals surface area contributed by atoms with Crippen LogP contribution in [0.5, 0.6) is 11.5 Å². The van der Waals surface area contributed by atoms with E-state index in [0.717, 1.165) is 6.07 Å². The van der Waals surface area contributed by atoms with Crippen LogP contribution in [0.4, 0.5) is 4.39 Å². The van der Waals surface area contributed by atoms with E-state index in [4.69, 9.17) is 14.6 Å². The van der Waals surface area contributed by atoms with Crippen LogP contribution in [0.1, 0.15) is 10.4 Å². The van der Waals surface area contributed by atoms with Crippen molar-refractivity contribution in [2.45, 2.75) is 0 Å². The molecular formula is C15H13FO4. The molecule has 2 aromatic carbocycles. The SMILES string of the molecule is COc1cccc(-c2ccc(F)c(C(=O)O)c2)c1OC. The molecule has 0 spiro atoms. The van der Waals surface area contributed by atoms with Crippen molar-refractivity contribution < 1.29 is 23.8 Å². The van der Waals surface area contributed by atoms with Crippen molar-refractivity contribution in [2.75, 3.05) is 14.2 Å². The average molecular weight is 276 g/mol. The van der Waals surface area contributed by atoms with Gasteiger partial charge in [-0.3, -0.25) is 0 Å². The van der Waals surface area contributed by atoms with Crippen LogP contribution in [0.15, 0.2) is 36.4 Å². The van der Waals surface area contributed by atoms with Gasteiger partial charge in [0.2, 0.25) is 0 Å². The Morgan fingerprint density at radius 1 is 1.15 bits per heavy atom. The second kappa shape index (κ2) is 5.61. The Kier molecular flexibility index (Phi) is 3.89. The van der Waals surface area contributed by atoms with Crippen molar-refractivity contribution in [1.82, 2.24) is 0 Å². The summed E-state index contributed by atoms with van der Waals surface area (Å²) in [5.74, 6) is -1.10. The highest BCUT2D eigenvalue weighted by Crippen LogP contribution is 2.38. The highest BCUT2D eigenvalue weighted by Gasteiger charge is 2.15. The number of carbonyl (C=O) groups is 1. The molecule has 2 rings (SSSR count). The molecule has 20 heavy (non-hydrogen) atoms. The van der Waals surface area contributed by atoms with E-state index in [1.807, 2.05) is 0 Å². The number of hydrogen-bond acceptors (Lipinski definition) is 3. The van der Waals surface area contributed by atoms with Crippen LogP contribution in [-0.4, -0.2) is 25.3 Å². The number of aromatic carboxylic acids is 1. The number of halogens is 1. The third-order valence-electron chi connectivity index (χ3n) is 2.91. The van der Waals surface area contributed by atoms with Gasteiger partial charge in [-0.25, -0.2) is 9.18 Å². The van der Waals surface area contributed by atoms with Gasteiger partial charge in [0, 0.05) is 5.56 Å². The molecule has 0 aliphatic rings. The van der Waals surface area contributed by atoms with Gasteiger partial charge in [-0.05, 0) is 23.8 Å². The highest BCUT2D eigenvalue weighted by molar-refractivity contribution is 5.90. The van der Waals surface area contributed by atoms with Crippen LogP contribution in [0.3, 0.4) is 0 Å². The van der Waals surface area contributed by atoms with Crippen molar-refractivity contribution in [1.29, 1.82) is 0 Å². The topological polar surface area (TPSA) is 55.8 Å². The summed E-state index contributed by atoms with van der Waals surface area (Å²) in [6, 6.07) is 9.12.